The van der Waals surface area contributed by atoms with Crippen molar-refractivity contribution < 1.29 is 9.85 Å². The van der Waals surface area contributed by atoms with E-state index in [9.17, 15) is 20.2 Å². The summed E-state index contributed by atoms with van der Waals surface area (Å²) in [4.78, 5) is 22.1. The fraction of sp³-hybridized carbons (Fsp3) is 0. The molecule has 8 rings (SSSR count). The summed E-state index contributed by atoms with van der Waals surface area (Å²) in [7, 11) is 0. The van der Waals surface area contributed by atoms with Gasteiger partial charge in [-0.05, 0) is 126 Å². The van der Waals surface area contributed by atoms with Gasteiger partial charge < -0.3 is 0 Å². The van der Waals surface area contributed by atoms with Gasteiger partial charge in [-0.1, -0.05) is 158 Å². The van der Waals surface area contributed by atoms with Crippen molar-refractivity contribution in [2.75, 3.05) is 0 Å². The zero-order chi connectivity index (χ0) is 41.3. The number of non-ortho nitro benzene ring substituents is 2. The minimum Gasteiger partial charge on any atom is -0.258 e. The minimum atomic E-state index is -0.381. The summed E-state index contributed by atoms with van der Waals surface area (Å²) in [5, 5.41) is 25.1. The second-order valence-corrected chi connectivity index (χ2v) is 14.2. The fourth-order valence-corrected chi connectivity index (χ4v) is 7.25. The molecule has 0 aliphatic heterocycles. The van der Waals surface area contributed by atoms with Crippen molar-refractivity contribution in [3.63, 3.8) is 0 Å². The summed E-state index contributed by atoms with van der Waals surface area (Å²) in [5.74, 6) is 0. The normalized spacial score (nSPS) is 12.0. The SMILES string of the molecule is O=[N+]([O-])c1ccc(/C(=C\c2ccccc2C=Cc2cc3ccccc3cc2C=Cc2ccccc2/C=C(/c2ccccc2)c2ccc([N+](=O)[O-])cc2)c2ccccc2)cc1. The van der Waals surface area contributed by atoms with Crippen LogP contribution in [0.5, 0.6) is 0 Å². The first-order valence-corrected chi connectivity index (χ1v) is 19.5. The Morgan fingerprint density at radius 1 is 0.333 bits per heavy atom. The number of nitro benzene ring substituents is 2. The van der Waals surface area contributed by atoms with Crippen LogP contribution in [0.2, 0.25) is 0 Å². The van der Waals surface area contributed by atoms with E-state index in [0.717, 1.165) is 77.6 Å². The highest BCUT2D eigenvalue weighted by molar-refractivity contribution is 5.97. The maximum Gasteiger partial charge on any atom is 0.269 e. The number of nitro groups is 2. The van der Waals surface area contributed by atoms with Gasteiger partial charge in [0.25, 0.3) is 11.4 Å². The molecule has 0 saturated heterocycles. The second kappa shape index (κ2) is 17.9. The molecule has 0 atom stereocenters. The highest BCUT2D eigenvalue weighted by Crippen LogP contribution is 2.32. The van der Waals surface area contributed by atoms with Crippen LogP contribution in [0.25, 0.3) is 58.4 Å². The predicted molar refractivity (Wildman–Crippen MR) is 248 cm³/mol. The molecular formula is C54H38N2O4. The first-order chi connectivity index (χ1) is 29.4. The average molecular weight is 779 g/mol. The first-order valence-electron chi connectivity index (χ1n) is 19.5. The summed E-state index contributed by atoms with van der Waals surface area (Å²) in [6.45, 7) is 0. The van der Waals surface area contributed by atoms with Crippen LogP contribution in [-0.2, 0) is 0 Å². The molecule has 0 aliphatic carbocycles. The molecule has 0 unspecified atom stereocenters. The summed E-state index contributed by atoms with van der Waals surface area (Å²) < 4.78 is 0. The highest BCUT2D eigenvalue weighted by Gasteiger charge is 2.12. The van der Waals surface area contributed by atoms with Gasteiger partial charge >= 0.3 is 0 Å². The van der Waals surface area contributed by atoms with Crippen LogP contribution in [0.1, 0.15) is 55.6 Å². The standard InChI is InChI=1S/C54H38N2O4/c57-55(58)51-31-27-43(28-32-51)53(41-15-3-1-4-16-41)37-47-21-9-7-13-39(47)23-25-49-35-45-19-11-12-20-46(45)36-50(49)26-24-40-14-8-10-22-48(40)38-54(42-17-5-2-6-18-42)44-29-33-52(34-30-44)56(59)60/h1-38H/b25-23?,26-24?,53-37-,54-38-. The molecule has 288 valence electrons. The molecule has 0 bridgehead atoms. The maximum absolute atomic E-state index is 11.4. The van der Waals surface area contributed by atoms with Gasteiger partial charge in [0.15, 0.2) is 0 Å². The lowest BCUT2D eigenvalue weighted by molar-refractivity contribution is -0.385. The Morgan fingerprint density at radius 3 is 1.00 bits per heavy atom. The third kappa shape index (κ3) is 8.99. The fourth-order valence-electron chi connectivity index (χ4n) is 7.25. The van der Waals surface area contributed by atoms with Gasteiger partial charge in [0.1, 0.15) is 0 Å². The Balaban J connectivity index is 1.18. The molecule has 0 amide bonds. The van der Waals surface area contributed by atoms with Crippen molar-refractivity contribution >= 4 is 69.7 Å². The molecule has 0 heterocycles. The Labute approximate surface area is 348 Å². The van der Waals surface area contributed by atoms with Crippen LogP contribution in [0.4, 0.5) is 11.4 Å². The largest absolute Gasteiger partial charge is 0.269 e. The van der Waals surface area contributed by atoms with E-state index in [4.69, 9.17) is 0 Å². The molecule has 0 aliphatic rings. The summed E-state index contributed by atoms with van der Waals surface area (Å²) in [5.41, 5.74) is 11.9. The molecule has 0 aromatic heterocycles. The van der Waals surface area contributed by atoms with Gasteiger partial charge in [-0.2, -0.15) is 0 Å². The van der Waals surface area contributed by atoms with E-state index in [1.54, 1.807) is 48.5 Å². The Bertz CT molecular complexity index is 2740. The maximum atomic E-state index is 11.4. The molecular weight excluding hydrogens is 741 g/mol. The first kappa shape index (κ1) is 38.6. The molecule has 0 N–H and O–H groups in total. The van der Waals surface area contributed by atoms with Crippen molar-refractivity contribution in [3.05, 3.63) is 270 Å². The van der Waals surface area contributed by atoms with Gasteiger partial charge in [0.2, 0.25) is 0 Å². The molecule has 6 heteroatoms. The summed E-state index contributed by atoms with van der Waals surface area (Å²) in [6, 6.07) is 62.7. The smallest absolute Gasteiger partial charge is 0.258 e. The van der Waals surface area contributed by atoms with E-state index in [-0.39, 0.29) is 21.2 Å². The number of nitrogens with zero attached hydrogens (tertiary/aromatic N) is 2. The van der Waals surface area contributed by atoms with Crippen LogP contribution >= 0.6 is 0 Å². The van der Waals surface area contributed by atoms with Crippen molar-refractivity contribution in [2.24, 2.45) is 0 Å². The highest BCUT2D eigenvalue weighted by atomic mass is 16.6. The third-order valence-electron chi connectivity index (χ3n) is 10.4. The van der Waals surface area contributed by atoms with Gasteiger partial charge in [-0.3, -0.25) is 20.2 Å². The number of hydrogen-bond donors (Lipinski definition) is 0. The number of fused-ring (bicyclic) bond motifs is 1. The Hall–Kier alpha value is -8.22. The zero-order valence-corrected chi connectivity index (χ0v) is 32.5. The van der Waals surface area contributed by atoms with Gasteiger partial charge in [0, 0.05) is 24.3 Å². The third-order valence-corrected chi connectivity index (χ3v) is 10.4. The van der Waals surface area contributed by atoms with Gasteiger partial charge in [0.05, 0.1) is 9.85 Å². The van der Waals surface area contributed by atoms with E-state index in [1.807, 2.05) is 97.1 Å². The van der Waals surface area contributed by atoms with E-state index in [2.05, 4.69) is 85.0 Å². The van der Waals surface area contributed by atoms with Crippen LogP contribution < -0.4 is 0 Å². The minimum absolute atomic E-state index is 0.0499. The molecule has 0 saturated carbocycles. The quantitative estimate of drug-likeness (QED) is 0.0702. The monoisotopic (exact) mass is 778 g/mol. The van der Waals surface area contributed by atoms with Gasteiger partial charge in [-0.25, -0.2) is 0 Å². The van der Waals surface area contributed by atoms with Crippen LogP contribution in [0.3, 0.4) is 0 Å². The molecule has 60 heavy (non-hydrogen) atoms. The lowest BCUT2D eigenvalue weighted by atomic mass is 9.93. The van der Waals surface area contributed by atoms with Crippen molar-refractivity contribution in [1.29, 1.82) is 0 Å². The van der Waals surface area contributed by atoms with Crippen LogP contribution in [0.15, 0.2) is 194 Å². The van der Waals surface area contributed by atoms with E-state index in [1.165, 1.54) is 0 Å². The summed E-state index contributed by atoms with van der Waals surface area (Å²) in [6.07, 6.45) is 12.9. The van der Waals surface area contributed by atoms with Crippen molar-refractivity contribution in [3.8, 4) is 0 Å². The molecule has 0 spiro atoms. The van der Waals surface area contributed by atoms with Crippen LogP contribution in [-0.4, -0.2) is 9.85 Å². The topological polar surface area (TPSA) is 86.3 Å². The van der Waals surface area contributed by atoms with E-state index < -0.39 is 0 Å². The lowest BCUT2D eigenvalue weighted by Gasteiger charge is -2.11. The Morgan fingerprint density at radius 2 is 0.633 bits per heavy atom. The molecule has 8 aromatic carbocycles. The lowest BCUT2D eigenvalue weighted by Crippen LogP contribution is -1.92. The van der Waals surface area contributed by atoms with E-state index >= 15 is 0 Å². The molecule has 0 fully saturated rings. The van der Waals surface area contributed by atoms with Gasteiger partial charge in [-0.15, -0.1) is 0 Å². The molecule has 6 nitrogen and oxygen atoms in total. The van der Waals surface area contributed by atoms with E-state index in [0.29, 0.717) is 0 Å². The number of rotatable bonds is 12. The molecule has 0 radical (unpaired) electrons. The Kier molecular flexibility index (Phi) is 11.5. The zero-order valence-electron chi connectivity index (χ0n) is 32.5. The van der Waals surface area contributed by atoms with Crippen molar-refractivity contribution in [2.45, 2.75) is 0 Å². The second-order valence-electron chi connectivity index (χ2n) is 14.2. The summed E-state index contributed by atoms with van der Waals surface area (Å²) >= 11 is 0. The average Bonchev–Trinajstić information content (AvgIpc) is 3.29. The number of hydrogen-bond acceptors (Lipinski definition) is 4. The van der Waals surface area contributed by atoms with Crippen LogP contribution in [0, 0.1) is 20.2 Å². The number of benzene rings is 8. The predicted octanol–water partition coefficient (Wildman–Crippen LogP) is 14.2. The molecule has 8 aromatic rings. The van der Waals surface area contributed by atoms with Crippen molar-refractivity contribution in [1.82, 2.24) is 0 Å².